The fourth-order valence-corrected chi connectivity index (χ4v) is 3.72. The van der Waals surface area contributed by atoms with Gasteiger partial charge in [0.05, 0.1) is 44.1 Å². The van der Waals surface area contributed by atoms with Gasteiger partial charge >= 0.3 is 0 Å². The van der Waals surface area contributed by atoms with Crippen LogP contribution in [0.25, 0.3) is 5.69 Å². The summed E-state index contributed by atoms with van der Waals surface area (Å²) in [6.45, 7) is 11.3. The zero-order chi connectivity index (χ0) is 19.3. The second-order valence-electron chi connectivity index (χ2n) is 8.83. The molecule has 1 aliphatic rings. The van der Waals surface area contributed by atoms with Crippen LogP contribution < -0.4 is 4.90 Å². The van der Waals surface area contributed by atoms with E-state index in [1.54, 1.807) is 4.90 Å². The molecule has 0 saturated carbocycles. The second kappa shape index (κ2) is 8.70. The second-order valence-corrected chi connectivity index (χ2v) is 8.83. The summed E-state index contributed by atoms with van der Waals surface area (Å²) < 4.78 is 1.94. The van der Waals surface area contributed by atoms with Crippen LogP contribution in [0.1, 0.15) is 45.7 Å². The molecule has 1 N–H and O–H groups in total. The summed E-state index contributed by atoms with van der Waals surface area (Å²) in [4.78, 5) is 16.7. The predicted molar refractivity (Wildman–Crippen MR) is 108 cm³/mol. The molecule has 1 amide bonds. The fourth-order valence-electron chi connectivity index (χ4n) is 3.72. The summed E-state index contributed by atoms with van der Waals surface area (Å²) in [5.41, 5.74) is 2.08. The van der Waals surface area contributed by atoms with Crippen molar-refractivity contribution in [2.45, 2.75) is 46.6 Å². The third kappa shape index (κ3) is 5.67. The number of carbonyl (C=O) groups is 1. The minimum Gasteiger partial charge on any atom is -0.333 e. The number of quaternary nitrogens is 1. The van der Waals surface area contributed by atoms with Crippen molar-refractivity contribution >= 4 is 5.91 Å². The lowest BCUT2D eigenvalue weighted by Crippen LogP contribution is -3.10. The molecule has 1 saturated heterocycles. The van der Waals surface area contributed by atoms with Crippen molar-refractivity contribution in [2.75, 3.05) is 26.2 Å². The first-order chi connectivity index (χ1) is 12.9. The molecule has 5 nitrogen and oxygen atoms in total. The number of para-hydroxylation sites is 1. The van der Waals surface area contributed by atoms with Crippen molar-refractivity contribution in [3.63, 3.8) is 0 Å². The van der Waals surface area contributed by atoms with E-state index in [4.69, 9.17) is 0 Å². The van der Waals surface area contributed by atoms with Gasteiger partial charge in [-0.3, -0.25) is 4.79 Å². The Morgan fingerprint density at radius 1 is 1.15 bits per heavy atom. The van der Waals surface area contributed by atoms with Crippen LogP contribution in [0.2, 0.25) is 0 Å². The molecular weight excluding hydrogens is 336 g/mol. The maximum absolute atomic E-state index is 13.0. The van der Waals surface area contributed by atoms with Crippen LogP contribution in [-0.4, -0.2) is 46.8 Å². The van der Waals surface area contributed by atoms with Gasteiger partial charge in [-0.05, 0) is 23.6 Å². The average molecular weight is 370 g/mol. The number of hydrogen-bond donors (Lipinski definition) is 1. The van der Waals surface area contributed by atoms with E-state index in [-0.39, 0.29) is 11.3 Å². The molecule has 0 unspecified atom stereocenters. The number of rotatable bonds is 7. The Bertz CT molecular complexity index is 726. The van der Waals surface area contributed by atoms with Crippen molar-refractivity contribution in [3.05, 3.63) is 48.3 Å². The highest BCUT2D eigenvalue weighted by Crippen LogP contribution is 2.21. The average Bonchev–Trinajstić information content (AvgIpc) is 3.29. The van der Waals surface area contributed by atoms with Gasteiger partial charge in [0.1, 0.15) is 0 Å². The number of hydrogen-bond acceptors (Lipinski definition) is 2. The Hall–Kier alpha value is -2.14. The largest absolute Gasteiger partial charge is 0.333 e. The van der Waals surface area contributed by atoms with Crippen LogP contribution in [0, 0.1) is 5.41 Å². The Kier molecular flexibility index (Phi) is 6.32. The van der Waals surface area contributed by atoms with E-state index in [1.165, 1.54) is 25.9 Å². The van der Waals surface area contributed by atoms with Gasteiger partial charge < -0.3 is 9.80 Å². The molecule has 0 aliphatic carbocycles. The quantitative estimate of drug-likeness (QED) is 0.814. The van der Waals surface area contributed by atoms with E-state index in [1.807, 2.05) is 52.2 Å². The smallest absolute Gasteiger partial charge is 0.223 e. The van der Waals surface area contributed by atoms with Gasteiger partial charge in [0, 0.05) is 25.5 Å². The van der Waals surface area contributed by atoms with Crippen LogP contribution in [0.4, 0.5) is 0 Å². The van der Waals surface area contributed by atoms with Crippen molar-refractivity contribution in [1.82, 2.24) is 14.7 Å². The van der Waals surface area contributed by atoms with E-state index in [0.717, 1.165) is 24.5 Å². The minimum absolute atomic E-state index is 0.00446. The number of carbonyl (C=O) groups excluding carboxylic acids is 1. The zero-order valence-electron chi connectivity index (χ0n) is 16.9. The normalized spacial score (nSPS) is 15.2. The van der Waals surface area contributed by atoms with Gasteiger partial charge in [0.15, 0.2) is 0 Å². The van der Waals surface area contributed by atoms with Crippen molar-refractivity contribution in [2.24, 2.45) is 5.41 Å². The Balaban J connectivity index is 1.74. The molecule has 2 heterocycles. The van der Waals surface area contributed by atoms with Crippen LogP contribution in [0.3, 0.4) is 0 Å². The Morgan fingerprint density at radius 3 is 2.52 bits per heavy atom. The molecule has 0 bridgehead atoms. The third-order valence-electron chi connectivity index (χ3n) is 5.15. The molecule has 1 fully saturated rings. The van der Waals surface area contributed by atoms with E-state index in [2.05, 4.69) is 25.9 Å². The highest BCUT2D eigenvalue weighted by Gasteiger charge is 2.24. The number of aromatic nitrogens is 2. The highest BCUT2D eigenvalue weighted by atomic mass is 16.2. The molecule has 0 spiro atoms. The summed E-state index contributed by atoms with van der Waals surface area (Å²) in [6.07, 6.45) is 5.01. The van der Waals surface area contributed by atoms with Crippen molar-refractivity contribution < 1.29 is 9.69 Å². The van der Waals surface area contributed by atoms with Crippen molar-refractivity contribution in [1.29, 1.82) is 0 Å². The summed E-state index contributed by atoms with van der Waals surface area (Å²) in [7, 11) is 0. The summed E-state index contributed by atoms with van der Waals surface area (Å²) in [5, 5.41) is 4.48. The monoisotopic (exact) mass is 369 g/mol. The van der Waals surface area contributed by atoms with E-state index < -0.39 is 0 Å². The van der Waals surface area contributed by atoms with Crippen LogP contribution in [0.15, 0.2) is 42.6 Å². The molecule has 1 aliphatic heterocycles. The minimum atomic E-state index is -0.00446. The standard InChI is InChI=1S/C22H32N4O/c1-22(2,3)17-21(27)25(16-15-24-13-7-8-14-24)18-20-11-12-23-26(20)19-9-5-4-6-10-19/h4-6,9-12H,7-8,13-18H2,1-3H3/p+1. The molecular formula is C22H33N4O+. The topological polar surface area (TPSA) is 42.6 Å². The SMILES string of the molecule is CC(C)(C)CC(=O)N(CC[NH+]1CCCC1)Cc1ccnn1-c1ccccc1. The summed E-state index contributed by atoms with van der Waals surface area (Å²) >= 11 is 0. The predicted octanol–water partition coefficient (Wildman–Crippen LogP) is 2.32. The van der Waals surface area contributed by atoms with Gasteiger partial charge in [0.25, 0.3) is 0 Å². The lowest BCUT2D eigenvalue weighted by molar-refractivity contribution is -0.886. The zero-order valence-corrected chi connectivity index (χ0v) is 16.9. The lowest BCUT2D eigenvalue weighted by Gasteiger charge is -2.27. The first-order valence-corrected chi connectivity index (χ1v) is 10.1. The van der Waals surface area contributed by atoms with Gasteiger partial charge in [-0.15, -0.1) is 0 Å². The number of amides is 1. The Labute approximate surface area is 163 Å². The molecule has 5 heteroatoms. The van der Waals surface area contributed by atoms with Gasteiger partial charge in [-0.25, -0.2) is 4.68 Å². The molecule has 2 aromatic rings. The van der Waals surface area contributed by atoms with Crippen LogP contribution in [-0.2, 0) is 11.3 Å². The molecule has 0 atom stereocenters. The number of nitrogens with one attached hydrogen (secondary N) is 1. The van der Waals surface area contributed by atoms with E-state index >= 15 is 0 Å². The highest BCUT2D eigenvalue weighted by molar-refractivity contribution is 5.76. The first kappa shape index (κ1) is 19.6. The van der Waals surface area contributed by atoms with Crippen LogP contribution >= 0.6 is 0 Å². The fraction of sp³-hybridized carbons (Fsp3) is 0.545. The number of benzene rings is 1. The number of nitrogens with zero attached hydrogens (tertiary/aromatic N) is 3. The maximum Gasteiger partial charge on any atom is 0.223 e. The summed E-state index contributed by atoms with van der Waals surface area (Å²) in [5.74, 6) is 0.238. The van der Waals surface area contributed by atoms with Crippen LogP contribution in [0.5, 0.6) is 0 Å². The lowest BCUT2D eigenvalue weighted by atomic mass is 9.91. The molecule has 27 heavy (non-hydrogen) atoms. The van der Waals surface area contributed by atoms with E-state index in [9.17, 15) is 4.79 Å². The summed E-state index contributed by atoms with van der Waals surface area (Å²) in [6, 6.07) is 12.1. The first-order valence-electron chi connectivity index (χ1n) is 10.1. The third-order valence-corrected chi connectivity index (χ3v) is 5.15. The maximum atomic E-state index is 13.0. The van der Waals surface area contributed by atoms with Crippen molar-refractivity contribution in [3.8, 4) is 5.69 Å². The van der Waals surface area contributed by atoms with Gasteiger partial charge in [-0.1, -0.05) is 39.0 Å². The molecule has 1 aromatic heterocycles. The van der Waals surface area contributed by atoms with E-state index in [0.29, 0.717) is 13.0 Å². The van der Waals surface area contributed by atoms with Gasteiger partial charge in [0.2, 0.25) is 5.91 Å². The molecule has 146 valence electrons. The molecule has 3 rings (SSSR count). The number of likely N-dealkylation sites (tertiary alicyclic amines) is 1. The molecule has 1 aromatic carbocycles. The Morgan fingerprint density at radius 2 is 1.85 bits per heavy atom. The van der Waals surface area contributed by atoms with Gasteiger partial charge in [-0.2, -0.15) is 5.10 Å². The molecule has 0 radical (unpaired) electrons.